The normalized spacial score (nSPS) is 19.1. The zero-order valence-corrected chi connectivity index (χ0v) is 21.4. The van der Waals surface area contributed by atoms with E-state index in [-0.39, 0.29) is 17.2 Å². The van der Waals surface area contributed by atoms with Gasteiger partial charge in [0, 0.05) is 35.0 Å². The summed E-state index contributed by atoms with van der Waals surface area (Å²) in [5.41, 5.74) is 0.628. The highest BCUT2D eigenvalue weighted by Gasteiger charge is 2.42. The van der Waals surface area contributed by atoms with Crippen LogP contribution < -0.4 is 5.32 Å². The number of non-ortho nitro benzene ring substituents is 1. The Balaban J connectivity index is 2.56. The fourth-order valence-corrected chi connectivity index (χ4v) is 4.01. The van der Waals surface area contributed by atoms with E-state index in [1.165, 1.54) is 31.4 Å². The number of nitro benzene ring substituents is 1. The lowest BCUT2D eigenvalue weighted by Gasteiger charge is -2.33. The van der Waals surface area contributed by atoms with Crippen molar-refractivity contribution in [2.75, 3.05) is 7.11 Å². The number of esters is 2. The molecule has 1 aromatic carbocycles. The van der Waals surface area contributed by atoms with E-state index < -0.39 is 46.2 Å². The number of carbonyl (C=O) groups excluding carboxylic acids is 3. The van der Waals surface area contributed by atoms with Crippen LogP contribution in [0, 0.1) is 22.0 Å². The molecule has 10 nitrogen and oxygen atoms in total. The molecule has 10 heteroatoms. The van der Waals surface area contributed by atoms with Crippen molar-refractivity contribution in [2.45, 2.75) is 66.0 Å². The van der Waals surface area contributed by atoms with E-state index in [4.69, 9.17) is 9.47 Å². The van der Waals surface area contributed by atoms with Crippen molar-refractivity contribution in [3.63, 3.8) is 0 Å². The Labute approximate surface area is 204 Å². The second-order valence-corrected chi connectivity index (χ2v) is 9.81. The molecule has 0 bridgehead atoms. The highest BCUT2D eigenvalue weighted by atomic mass is 16.6. The Kier molecular flexibility index (Phi) is 8.54. The molecule has 0 saturated carbocycles. The van der Waals surface area contributed by atoms with Crippen LogP contribution in [-0.4, -0.2) is 47.2 Å². The summed E-state index contributed by atoms with van der Waals surface area (Å²) >= 11 is 0. The van der Waals surface area contributed by atoms with Gasteiger partial charge in [0.25, 0.3) is 5.69 Å². The molecule has 0 aliphatic carbocycles. The first-order chi connectivity index (χ1) is 16.2. The number of ether oxygens (including phenoxy) is 2. The van der Waals surface area contributed by atoms with Gasteiger partial charge >= 0.3 is 11.9 Å². The van der Waals surface area contributed by atoms with Crippen molar-refractivity contribution in [2.24, 2.45) is 16.8 Å². The quantitative estimate of drug-likeness (QED) is 0.352. The van der Waals surface area contributed by atoms with Crippen molar-refractivity contribution in [1.29, 1.82) is 0 Å². The second kappa shape index (κ2) is 10.8. The molecule has 0 saturated heterocycles. The van der Waals surface area contributed by atoms with Crippen LogP contribution in [0.4, 0.5) is 5.69 Å². The van der Waals surface area contributed by atoms with E-state index in [9.17, 15) is 24.5 Å². The summed E-state index contributed by atoms with van der Waals surface area (Å²) in [6.07, 6.45) is 0. The fraction of sp³-hybridized carbons (Fsp3) is 0.520. The number of carbonyl (C=O) groups is 3. The van der Waals surface area contributed by atoms with Crippen molar-refractivity contribution in [1.82, 2.24) is 5.32 Å². The zero-order valence-electron chi connectivity index (χ0n) is 21.4. The van der Waals surface area contributed by atoms with Crippen LogP contribution in [-0.2, 0) is 23.9 Å². The predicted octanol–water partition coefficient (Wildman–Crippen LogP) is 3.70. The first-order valence-corrected chi connectivity index (χ1v) is 11.3. The minimum atomic E-state index is -0.942. The number of hydrogen-bond donors (Lipinski definition) is 1. The summed E-state index contributed by atoms with van der Waals surface area (Å²) in [7, 11) is 1.24. The summed E-state index contributed by atoms with van der Waals surface area (Å²) in [5, 5.41) is 13.9. The number of aliphatic imine (C=N–C) groups is 1. The van der Waals surface area contributed by atoms with Gasteiger partial charge in [-0.25, -0.2) is 4.79 Å². The topological polar surface area (TPSA) is 137 Å². The smallest absolute Gasteiger partial charge is 0.329 e. The van der Waals surface area contributed by atoms with E-state index in [2.05, 4.69) is 10.3 Å². The number of nitro groups is 1. The van der Waals surface area contributed by atoms with E-state index >= 15 is 0 Å². The van der Waals surface area contributed by atoms with E-state index in [1.807, 2.05) is 0 Å². The number of allylic oxidation sites excluding steroid dienone is 1. The van der Waals surface area contributed by atoms with Gasteiger partial charge in [0.05, 0.1) is 12.0 Å². The molecule has 0 aromatic heterocycles. The molecule has 1 aliphatic rings. The van der Waals surface area contributed by atoms with Crippen LogP contribution in [0.2, 0.25) is 0 Å². The van der Waals surface area contributed by atoms with Crippen molar-refractivity contribution < 1.29 is 28.8 Å². The largest absolute Gasteiger partial charge is 0.468 e. The van der Waals surface area contributed by atoms with Crippen LogP contribution in [0.15, 0.2) is 40.5 Å². The lowest BCUT2D eigenvalue weighted by Crippen LogP contribution is -2.49. The number of amides is 1. The summed E-state index contributed by atoms with van der Waals surface area (Å²) in [6.45, 7) is 12.1. The third kappa shape index (κ3) is 6.52. The fourth-order valence-electron chi connectivity index (χ4n) is 4.01. The average molecular weight is 488 g/mol. The molecular weight excluding hydrogens is 454 g/mol. The van der Waals surface area contributed by atoms with Gasteiger partial charge in [0.1, 0.15) is 17.6 Å². The second-order valence-electron chi connectivity index (χ2n) is 9.81. The highest BCUT2D eigenvalue weighted by molar-refractivity contribution is 6.08. The van der Waals surface area contributed by atoms with Gasteiger partial charge in [0.15, 0.2) is 0 Å². The maximum Gasteiger partial charge on any atom is 0.329 e. The molecule has 3 atom stereocenters. The van der Waals surface area contributed by atoms with Gasteiger partial charge < -0.3 is 14.8 Å². The molecule has 0 spiro atoms. The molecule has 2 rings (SSSR count). The molecule has 0 fully saturated rings. The molecule has 1 aromatic rings. The molecule has 1 amide bonds. The number of nitrogens with zero attached hydrogens (tertiary/aromatic N) is 2. The van der Waals surface area contributed by atoms with Gasteiger partial charge in [-0.2, -0.15) is 0 Å². The van der Waals surface area contributed by atoms with Gasteiger partial charge in [-0.3, -0.25) is 24.7 Å². The van der Waals surface area contributed by atoms with Gasteiger partial charge in [-0.05, 0) is 46.1 Å². The SMILES string of the molecule is COC(=O)C1C(C)=NC(C)=C(C(=O)N[C@H](C(=O)OC(C)(C)C)C(C)C)C1c1ccc([N+](=O)[O-])cc1. The molecule has 1 heterocycles. The molecule has 1 N–H and O–H groups in total. The summed E-state index contributed by atoms with van der Waals surface area (Å²) < 4.78 is 10.5. The van der Waals surface area contributed by atoms with Crippen LogP contribution in [0.25, 0.3) is 0 Å². The third-order valence-electron chi connectivity index (χ3n) is 5.61. The Morgan fingerprint density at radius 2 is 1.69 bits per heavy atom. The first-order valence-electron chi connectivity index (χ1n) is 11.3. The minimum absolute atomic E-state index is 0.124. The van der Waals surface area contributed by atoms with E-state index in [0.717, 1.165) is 0 Å². The summed E-state index contributed by atoms with van der Waals surface area (Å²) in [5.74, 6) is -3.79. The van der Waals surface area contributed by atoms with Crippen LogP contribution in [0.5, 0.6) is 0 Å². The first kappa shape index (κ1) is 27.7. The Morgan fingerprint density at radius 3 is 2.14 bits per heavy atom. The standard InChI is InChI=1S/C25H33N3O7/c1-13(2)21(24(31)35-25(5,6)7)27-22(29)18-14(3)26-15(4)19(23(30)34-8)20(18)16-9-11-17(12-10-16)28(32)33/h9-13,19-21H,1-8H3,(H,27,29)/t19?,20?,21-/m0/s1. The monoisotopic (exact) mass is 487 g/mol. The number of nitrogens with one attached hydrogen (secondary N) is 1. The molecular formula is C25H33N3O7. The molecule has 0 radical (unpaired) electrons. The van der Waals surface area contributed by atoms with Crippen molar-refractivity contribution in [3.8, 4) is 0 Å². The maximum atomic E-state index is 13.6. The average Bonchev–Trinajstić information content (AvgIpc) is 2.74. The molecule has 1 aliphatic heterocycles. The van der Waals surface area contributed by atoms with Crippen LogP contribution in [0.1, 0.15) is 59.9 Å². The van der Waals surface area contributed by atoms with Gasteiger partial charge in [0.2, 0.25) is 5.91 Å². The third-order valence-corrected chi connectivity index (χ3v) is 5.61. The lowest BCUT2D eigenvalue weighted by molar-refractivity contribution is -0.384. The number of benzene rings is 1. The lowest BCUT2D eigenvalue weighted by atomic mass is 9.75. The number of hydrogen-bond acceptors (Lipinski definition) is 8. The molecule has 2 unspecified atom stereocenters. The van der Waals surface area contributed by atoms with Crippen LogP contribution in [0.3, 0.4) is 0 Å². The Hall–Kier alpha value is -3.56. The Morgan fingerprint density at radius 1 is 1.11 bits per heavy atom. The van der Waals surface area contributed by atoms with Gasteiger partial charge in [-0.1, -0.05) is 26.0 Å². The van der Waals surface area contributed by atoms with E-state index in [1.54, 1.807) is 48.5 Å². The van der Waals surface area contributed by atoms with Gasteiger partial charge in [-0.15, -0.1) is 0 Å². The number of methoxy groups -OCH3 is 1. The molecule has 190 valence electrons. The number of rotatable bonds is 7. The van der Waals surface area contributed by atoms with Crippen LogP contribution >= 0.6 is 0 Å². The van der Waals surface area contributed by atoms with Crippen molar-refractivity contribution >= 4 is 29.2 Å². The minimum Gasteiger partial charge on any atom is -0.468 e. The summed E-state index contributed by atoms with van der Waals surface area (Å²) in [6, 6.07) is 4.70. The zero-order chi connectivity index (χ0) is 26.7. The highest BCUT2D eigenvalue weighted by Crippen LogP contribution is 2.40. The maximum absolute atomic E-state index is 13.6. The predicted molar refractivity (Wildman–Crippen MR) is 130 cm³/mol. The summed E-state index contributed by atoms with van der Waals surface area (Å²) in [4.78, 5) is 54.2. The molecule has 35 heavy (non-hydrogen) atoms. The Bertz CT molecular complexity index is 1070. The van der Waals surface area contributed by atoms with Crippen molar-refractivity contribution in [3.05, 3.63) is 51.2 Å². The van der Waals surface area contributed by atoms with E-state index in [0.29, 0.717) is 17.0 Å².